The number of aromatic nitrogens is 3. The van der Waals surface area contributed by atoms with Gasteiger partial charge in [-0.05, 0) is 44.0 Å². The summed E-state index contributed by atoms with van der Waals surface area (Å²) in [6.07, 6.45) is 3.49. The van der Waals surface area contributed by atoms with Crippen LogP contribution in [0.25, 0.3) is 22.3 Å². The van der Waals surface area contributed by atoms with Crippen LogP contribution in [0.4, 0.5) is 4.39 Å². The van der Waals surface area contributed by atoms with Crippen molar-refractivity contribution in [3.8, 4) is 16.9 Å². The van der Waals surface area contributed by atoms with E-state index in [0.29, 0.717) is 34.6 Å². The number of halogens is 1. The van der Waals surface area contributed by atoms with Gasteiger partial charge >= 0.3 is 5.69 Å². The van der Waals surface area contributed by atoms with Crippen LogP contribution < -0.4 is 15.7 Å². The smallest absolute Gasteiger partial charge is 0.328 e. The summed E-state index contributed by atoms with van der Waals surface area (Å²) in [7, 11) is 0. The number of ether oxygens (including phenoxy) is 1. The Balaban J connectivity index is 1.75. The predicted molar refractivity (Wildman–Crippen MR) is 98.1 cm³/mol. The summed E-state index contributed by atoms with van der Waals surface area (Å²) < 4.78 is 20.7. The van der Waals surface area contributed by atoms with Crippen molar-refractivity contribution in [1.82, 2.24) is 19.9 Å². The highest BCUT2D eigenvalue weighted by Gasteiger charge is 2.24. The van der Waals surface area contributed by atoms with Gasteiger partial charge in [0.15, 0.2) is 5.65 Å². The largest absolute Gasteiger partial charge is 0.493 e. The third-order valence-electron chi connectivity index (χ3n) is 4.43. The Labute approximate surface area is 154 Å². The van der Waals surface area contributed by atoms with E-state index >= 15 is 0 Å². The summed E-state index contributed by atoms with van der Waals surface area (Å²) >= 11 is 0. The van der Waals surface area contributed by atoms with Crippen LogP contribution in [0.2, 0.25) is 0 Å². The van der Waals surface area contributed by atoms with Gasteiger partial charge in [0.25, 0.3) is 0 Å². The van der Waals surface area contributed by atoms with Crippen molar-refractivity contribution >= 4 is 17.1 Å². The molecule has 2 N–H and O–H groups in total. The lowest BCUT2D eigenvalue weighted by Gasteiger charge is -2.11. The molecule has 1 aliphatic rings. The van der Waals surface area contributed by atoms with Gasteiger partial charge in [0, 0.05) is 23.4 Å². The maximum absolute atomic E-state index is 13.8. The Morgan fingerprint density at radius 3 is 2.96 bits per heavy atom. The molecular formula is C19H19FN4O3. The average Bonchev–Trinajstić information content (AvgIpc) is 3.40. The summed E-state index contributed by atoms with van der Waals surface area (Å²) in [6.45, 7) is 2.18. The fourth-order valence-corrected chi connectivity index (χ4v) is 2.99. The van der Waals surface area contributed by atoms with E-state index in [0.717, 1.165) is 12.8 Å². The van der Waals surface area contributed by atoms with Gasteiger partial charge in [0.05, 0.1) is 12.1 Å². The molecule has 0 spiro atoms. The number of carbonyl (C=O) groups is 1. The molecule has 4 rings (SSSR count). The monoisotopic (exact) mass is 370 g/mol. The first kappa shape index (κ1) is 17.3. The van der Waals surface area contributed by atoms with Crippen LogP contribution in [0.3, 0.4) is 0 Å². The summed E-state index contributed by atoms with van der Waals surface area (Å²) in [5.74, 6) is -0.0913. The second-order valence-electron chi connectivity index (χ2n) is 6.52. The molecule has 0 saturated heterocycles. The van der Waals surface area contributed by atoms with Gasteiger partial charge < -0.3 is 10.1 Å². The molecule has 1 fully saturated rings. The molecule has 140 valence electrons. The molecule has 7 nitrogen and oxygen atoms in total. The van der Waals surface area contributed by atoms with E-state index in [1.165, 1.54) is 16.7 Å². The molecule has 1 amide bonds. The van der Waals surface area contributed by atoms with Crippen LogP contribution in [0.5, 0.6) is 5.75 Å². The lowest BCUT2D eigenvalue weighted by Crippen LogP contribution is -2.32. The first-order chi connectivity index (χ1) is 13.0. The Morgan fingerprint density at radius 2 is 2.22 bits per heavy atom. The van der Waals surface area contributed by atoms with E-state index in [2.05, 4.69) is 15.3 Å². The van der Waals surface area contributed by atoms with Crippen molar-refractivity contribution in [3.05, 3.63) is 46.8 Å². The van der Waals surface area contributed by atoms with Crippen LogP contribution in [-0.2, 0) is 11.3 Å². The number of carbonyl (C=O) groups excluding carboxylic acids is 1. The molecule has 0 bridgehead atoms. The van der Waals surface area contributed by atoms with Crippen molar-refractivity contribution in [2.24, 2.45) is 0 Å². The maximum Gasteiger partial charge on any atom is 0.328 e. The fourth-order valence-electron chi connectivity index (χ4n) is 2.99. The van der Waals surface area contributed by atoms with Gasteiger partial charge in [0.1, 0.15) is 18.1 Å². The minimum atomic E-state index is -0.412. The highest BCUT2D eigenvalue weighted by atomic mass is 19.1. The lowest BCUT2D eigenvalue weighted by molar-refractivity contribution is -0.121. The van der Waals surface area contributed by atoms with Crippen molar-refractivity contribution in [3.63, 3.8) is 0 Å². The molecule has 0 aliphatic heterocycles. The van der Waals surface area contributed by atoms with E-state index in [1.807, 2.05) is 6.92 Å². The predicted octanol–water partition coefficient (Wildman–Crippen LogP) is 2.21. The first-order valence-corrected chi connectivity index (χ1v) is 8.86. The highest BCUT2D eigenvalue weighted by molar-refractivity contribution is 5.83. The zero-order chi connectivity index (χ0) is 19.0. The van der Waals surface area contributed by atoms with E-state index in [4.69, 9.17) is 4.74 Å². The van der Waals surface area contributed by atoms with Gasteiger partial charge in [-0.25, -0.2) is 14.2 Å². The number of hydrogen-bond acceptors (Lipinski definition) is 4. The number of pyridine rings is 1. The van der Waals surface area contributed by atoms with E-state index in [-0.39, 0.29) is 18.5 Å². The fraction of sp³-hybridized carbons (Fsp3) is 0.316. The second-order valence-corrected chi connectivity index (χ2v) is 6.52. The summed E-state index contributed by atoms with van der Waals surface area (Å²) in [4.78, 5) is 31.3. The van der Waals surface area contributed by atoms with Crippen LogP contribution in [-0.4, -0.2) is 33.1 Å². The third-order valence-corrected chi connectivity index (χ3v) is 4.43. The number of amides is 1. The number of fused-ring (bicyclic) bond motifs is 1. The molecule has 1 saturated carbocycles. The summed E-state index contributed by atoms with van der Waals surface area (Å²) in [5.41, 5.74) is 1.58. The van der Waals surface area contributed by atoms with Gasteiger partial charge in [0.2, 0.25) is 5.91 Å². The van der Waals surface area contributed by atoms with Crippen molar-refractivity contribution in [1.29, 1.82) is 0 Å². The highest BCUT2D eigenvalue weighted by Crippen LogP contribution is 2.31. The molecule has 0 unspecified atom stereocenters. The van der Waals surface area contributed by atoms with Gasteiger partial charge in [-0.15, -0.1) is 0 Å². The van der Waals surface area contributed by atoms with E-state index in [9.17, 15) is 14.0 Å². The zero-order valence-corrected chi connectivity index (χ0v) is 14.8. The van der Waals surface area contributed by atoms with Crippen molar-refractivity contribution < 1.29 is 13.9 Å². The number of hydrogen-bond donors (Lipinski definition) is 2. The maximum atomic E-state index is 13.8. The van der Waals surface area contributed by atoms with Crippen molar-refractivity contribution in [2.45, 2.75) is 32.4 Å². The number of imidazole rings is 1. The first-order valence-electron chi connectivity index (χ1n) is 8.86. The standard InChI is InChI=1S/C19H19FN4O3/c1-2-27-16-6-3-12(20)8-14(16)11-7-15-18(21-9-11)23-19(26)24(15)10-17(25)22-13-4-5-13/h3,6-9,13H,2,4-5,10H2,1H3,(H,22,25)(H,21,23,26). The van der Waals surface area contributed by atoms with Crippen LogP contribution in [0, 0.1) is 5.82 Å². The minimum Gasteiger partial charge on any atom is -0.493 e. The molecule has 0 radical (unpaired) electrons. The van der Waals surface area contributed by atoms with Crippen LogP contribution in [0.15, 0.2) is 35.3 Å². The quantitative estimate of drug-likeness (QED) is 0.696. The second kappa shape index (κ2) is 6.86. The van der Waals surface area contributed by atoms with E-state index in [1.54, 1.807) is 18.3 Å². The Morgan fingerprint density at radius 1 is 1.41 bits per heavy atom. The molecule has 1 aromatic carbocycles. The van der Waals surface area contributed by atoms with Crippen molar-refractivity contribution in [2.75, 3.05) is 6.61 Å². The molecule has 3 aromatic rings. The molecular weight excluding hydrogens is 351 g/mol. The normalized spacial score (nSPS) is 13.7. The Hall–Kier alpha value is -3.16. The van der Waals surface area contributed by atoms with Crippen LogP contribution >= 0.6 is 0 Å². The zero-order valence-electron chi connectivity index (χ0n) is 14.8. The van der Waals surface area contributed by atoms with Gasteiger partial charge in [-0.1, -0.05) is 0 Å². The van der Waals surface area contributed by atoms with Crippen LogP contribution in [0.1, 0.15) is 19.8 Å². The van der Waals surface area contributed by atoms with E-state index < -0.39 is 11.5 Å². The lowest BCUT2D eigenvalue weighted by atomic mass is 10.1. The number of nitrogens with one attached hydrogen (secondary N) is 2. The SMILES string of the molecule is CCOc1ccc(F)cc1-c1cnc2[nH]c(=O)n(CC(=O)NC3CC3)c2c1. The average molecular weight is 370 g/mol. The third kappa shape index (κ3) is 3.55. The summed E-state index contributed by atoms with van der Waals surface area (Å²) in [5, 5.41) is 2.86. The molecule has 1 aliphatic carbocycles. The number of rotatable bonds is 6. The molecule has 8 heteroatoms. The molecule has 2 aromatic heterocycles. The van der Waals surface area contributed by atoms with Gasteiger partial charge in [-0.2, -0.15) is 0 Å². The topological polar surface area (TPSA) is 89.0 Å². The molecule has 0 atom stereocenters. The summed E-state index contributed by atoms with van der Waals surface area (Å²) in [6, 6.07) is 6.18. The van der Waals surface area contributed by atoms with Gasteiger partial charge in [-0.3, -0.25) is 14.3 Å². The number of benzene rings is 1. The minimum absolute atomic E-state index is 0.0953. The number of H-pyrrole nitrogens is 1. The Bertz CT molecular complexity index is 1070. The number of nitrogens with zero attached hydrogens (tertiary/aromatic N) is 2. The Kier molecular flexibility index (Phi) is 4.39. The molecule has 2 heterocycles. The number of aromatic amines is 1. The molecule has 27 heavy (non-hydrogen) atoms.